The van der Waals surface area contributed by atoms with Crippen molar-refractivity contribution in [2.24, 2.45) is 12.0 Å². The Hall–Kier alpha value is -1.16. The van der Waals surface area contributed by atoms with Crippen LogP contribution in [-0.4, -0.2) is 37.8 Å². The summed E-state index contributed by atoms with van der Waals surface area (Å²) in [4.78, 5) is 4.24. The van der Waals surface area contributed by atoms with E-state index in [1.807, 2.05) is 17.7 Å². The minimum absolute atomic E-state index is 0. The van der Waals surface area contributed by atoms with Gasteiger partial charge in [-0.2, -0.15) is 0 Å². The molecule has 6 nitrogen and oxygen atoms in total. The van der Waals surface area contributed by atoms with Gasteiger partial charge in [-0.3, -0.25) is 4.99 Å². The summed E-state index contributed by atoms with van der Waals surface area (Å²) in [6.07, 6.45) is 0. The number of nitrogens with zero attached hydrogens (tertiary/aromatic N) is 2. The lowest BCUT2D eigenvalue weighted by Crippen LogP contribution is -2.36. The molecule has 0 aliphatic carbocycles. The number of hydrogen-bond acceptors (Lipinski definition) is 3. The van der Waals surface area contributed by atoms with Crippen LogP contribution in [0.25, 0.3) is 0 Å². The average molecular weight is 526 g/mol. The van der Waals surface area contributed by atoms with Gasteiger partial charge in [0.1, 0.15) is 5.15 Å². The summed E-state index contributed by atoms with van der Waals surface area (Å²) < 4.78 is 6.87. The number of anilines is 1. The Bertz CT molecular complexity index is 734. The zero-order chi connectivity index (χ0) is 18.9. The summed E-state index contributed by atoms with van der Waals surface area (Å²) in [5, 5.41) is 10.9. The highest BCUT2D eigenvalue weighted by atomic mass is 127. The van der Waals surface area contributed by atoms with Crippen molar-refractivity contribution in [2.75, 3.05) is 32.6 Å². The molecule has 0 radical (unpaired) electrons. The summed E-state index contributed by atoms with van der Waals surface area (Å²) in [5.74, 6) is 0.709. The topological polar surface area (TPSA) is 62.6 Å². The molecule has 0 aliphatic rings. The molecule has 1 aromatic heterocycles. The van der Waals surface area contributed by atoms with E-state index in [9.17, 15) is 0 Å². The SMILES string of the molecule is CN=C(NCc1ccc(NCCOC)cc1)NCc1cc(Cl)c(Cl)n1C.I. The molecule has 2 rings (SSSR count). The molecule has 150 valence electrons. The number of aliphatic imine (C=N–C) groups is 1. The number of rotatable bonds is 8. The lowest BCUT2D eigenvalue weighted by Gasteiger charge is -2.13. The summed E-state index contributed by atoms with van der Waals surface area (Å²) in [6, 6.07) is 10.1. The van der Waals surface area contributed by atoms with E-state index in [4.69, 9.17) is 27.9 Å². The van der Waals surface area contributed by atoms with E-state index in [-0.39, 0.29) is 24.0 Å². The Labute approximate surface area is 187 Å². The predicted molar refractivity (Wildman–Crippen MR) is 125 cm³/mol. The number of methoxy groups -OCH3 is 1. The smallest absolute Gasteiger partial charge is 0.191 e. The highest BCUT2D eigenvalue weighted by molar-refractivity contribution is 14.0. The maximum Gasteiger partial charge on any atom is 0.191 e. The lowest BCUT2D eigenvalue weighted by atomic mass is 10.2. The Morgan fingerprint density at radius 3 is 2.37 bits per heavy atom. The van der Waals surface area contributed by atoms with E-state index in [2.05, 4.69) is 45.2 Å². The van der Waals surface area contributed by atoms with Crippen molar-refractivity contribution < 1.29 is 4.74 Å². The van der Waals surface area contributed by atoms with Crippen molar-refractivity contribution in [3.63, 3.8) is 0 Å². The second-order valence-corrected chi connectivity index (χ2v) is 6.49. The molecule has 0 saturated heterocycles. The number of benzene rings is 1. The summed E-state index contributed by atoms with van der Waals surface area (Å²) in [5.41, 5.74) is 3.22. The van der Waals surface area contributed by atoms with Gasteiger partial charge in [0, 0.05) is 45.7 Å². The Morgan fingerprint density at radius 2 is 1.81 bits per heavy atom. The van der Waals surface area contributed by atoms with Gasteiger partial charge < -0.3 is 25.3 Å². The third-order valence-electron chi connectivity index (χ3n) is 3.93. The van der Waals surface area contributed by atoms with Gasteiger partial charge in [-0.15, -0.1) is 24.0 Å². The minimum atomic E-state index is 0. The van der Waals surface area contributed by atoms with Gasteiger partial charge in [-0.25, -0.2) is 0 Å². The Morgan fingerprint density at radius 1 is 1.15 bits per heavy atom. The molecular weight excluding hydrogens is 500 g/mol. The van der Waals surface area contributed by atoms with Crippen molar-refractivity contribution in [3.8, 4) is 0 Å². The van der Waals surface area contributed by atoms with E-state index in [1.54, 1.807) is 14.2 Å². The molecule has 0 bridgehead atoms. The first-order chi connectivity index (χ1) is 12.5. The zero-order valence-electron chi connectivity index (χ0n) is 15.7. The molecule has 0 unspecified atom stereocenters. The quantitative estimate of drug-likeness (QED) is 0.212. The summed E-state index contributed by atoms with van der Waals surface area (Å²) in [7, 11) is 5.31. The van der Waals surface area contributed by atoms with E-state index in [0.29, 0.717) is 35.8 Å². The van der Waals surface area contributed by atoms with Crippen LogP contribution >= 0.6 is 47.2 Å². The van der Waals surface area contributed by atoms with Gasteiger partial charge >= 0.3 is 0 Å². The number of guanidine groups is 1. The molecule has 1 aromatic carbocycles. The molecule has 0 saturated carbocycles. The standard InChI is InChI=1S/C18H25Cl2N5O.HI/c1-21-18(24-12-15-10-16(19)17(20)25(15)2)23-11-13-4-6-14(7-5-13)22-8-9-26-3;/h4-7,10,22H,8-9,11-12H2,1-3H3,(H2,21,23,24);1H. The number of nitrogens with one attached hydrogen (secondary N) is 3. The van der Waals surface area contributed by atoms with Crippen LogP contribution in [0.3, 0.4) is 0 Å². The van der Waals surface area contributed by atoms with Crippen LogP contribution in [0.15, 0.2) is 35.3 Å². The van der Waals surface area contributed by atoms with E-state index >= 15 is 0 Å². The molecule has 0 fully saturated rings. The number of halogens is 3. The molecule has 0 atom stereocenters. The van der Waals surface area contributed by atoms with Gasteiger partial charge in [0.05, 0.1) is 18.2 Å². The molecule has 0 aliphatic heterocycles. The number of aromatic nitrogens is 1. The van der Waals surface area contributed by atoms with Gasteiger partial charge in [0.15, 0.2) is 5.96 Å². The van der Waals surface area contributed by atoms with Crippen LogP contribution in [0.5, 0.6) is 0 Å². The first-order valence-corrected chi connectivity index (χ1v) is 9.06. The summed E-state index contributed by atoms with van der Waals surface area (Å²) >= 11 is 12.1. The average Bonchev–Trinajstić information content (AvgIpc) is 2.90. The fourth-order valence-electron chi connectivity index (χ4n) is 2.38. The zero-order valence-corrected chi connectivity index (χ0v) is 19.5. The highest BCUT2D eigenvalue weighted by Crippen LogP contribution is 2.24. The van der Waals surface area contributed by atoms with Crippen LogP contribution in [0, 0.1) is 0 Å². The lowest BCUT2D eigenvalue weighted by molar-refractivity contribution is 0.211. The molecule has 9 heteroatoms. The molecule has 27 heavy (non-hydrogen) atoms. The van der Waals surface area contributed by atoms with Gasteiger partial charge in [-0.1, -0.05) is 35.3 Å². The largest absolute Gasteiger partial charge is 0.383 e. The minimum Gasteiger partial charge on any atom is -0.383 e. The van der Waals surface area contributed by atoms with E-state index < -0.39 is 0 Å². The molecule has 2 aromatic rings. The molecule has 1 heterocycles. The van der Waals surface area contributed by atoms with Gasteiger partial charge in [-0.05, 0) is 23.8 Å². The first-order valence-electron chi connectivity index (χ1n) is 8.31. The number of hydrogen-bond donors (Lipinski definition) is 3. The molecule has 0 spiro atoms. The molecule has 3 N–H and O–H groups in total. The maximum atomic E-state index is 6.09. The van der Waals surface area contributed by atoms with Crippen molar-refractivity contribution in [1.29, 1.82) is 0 Å². The van der Waals surface area contributed by atoms with Crippen molar-refractivity contribution in [2.45, 2.75) is 13.1 Å². The van der Waals surface area contributed by atoms with Gasteiger partial charge in [0.25, 0.3) is 0 Å². The maximum absolute atomic E-state index is 6.09. The Kier molecular flexibility index (Phi) is 10.9. The number of ether oxygens (including phenoxy) is 1. The van der Waals surface area contributed by atoms with Crippen LogP contribution in [-0.2, 0) is 24.9 Å². The Balaban J connectivity index is 0.00000364. The fraction of sp³-hybridized carbons (Fsp3) is 0.389. The monoisotopic (exact) mass is 525 g/mol. The van der Waals surface area contributed by atoms with Crippen molar-refractivity contribution in [3.05, 3.63) is 51.8 Å². The molecular formula is C18H26Cl2IN5O. The normalized spacial score (nSPS) is 11.1. The fourth-order valence-corrected chi connectivity index (χ4v) is 2.79. The van der Waals surface area contributed by atoms with Gasteiger partial charge in [0.2, 0.25) is 0 Å². The van der Waals surface area contributed by atoms with Crippen molar-refractivity contribution >= 4 is 58.8 Å². The summed E-state index contributed by atoms with van der Waals surface area (Å²) in [6.45, 7) is 2.72. The second-order valence-electron chi connectivity index (χ2n) is 5.73. The molecule has 0 amide bonds. The first kappa shape index (κ1) is 23.9. The van der Waals surface area contributed by atoms with Crippen LogP contribution < -0.4 is 16.0 Å². The van der Waals surface area contributed by atoms with Crippen LogP contribution in [0.2, 0.25) is 10.2 Å². The predicted octanol–water partition coefficient (Wildman–Crippen LogP) is 3.87. The third-order valence-corrected chi connectivity index (χ3v) is 4.77. The van der Waals surface area contributed by atoms with Crippen molar-refractivity contribution in [1.82, 2.24) is 15.2 Å². The van der Waals surface area contributed by atoms with Crippen LogP contribution in [0.1, 0.15) is 11.3 Å². The van der Waals surface area contributed by atoms with Crippen LogP contribution in [0.4, 0.5) is 5.69 Å². The second kappa shape index (κ2) is 12.3. The van der Waals surface area contributed by atoms with E-state index in [0.717, 1.165) is 23.5 Å². The van der Waals surface area contributed by atoms with E-state index in [1.165, 1.54) is 0 Å². The highest BCUT2D eigenvalue weighted by Gasteiger charge is 2.09. The third kappa shape index (κ3) is 7.40.